The normalized spacial score (nSPS) is 12.5. The summed E-state index contributed by atoms with van der Waals surface area (Å²) in [7, 11) is 0. The highest BCUT2D eigenvalue weighted by atomic mass is 79.9. The van der Waals surface area contributed by atoms with Crippen molar-refractivity contribution in [2.24, 2.45) is 0 Å². The van der Waals surface area contributed by atoms with Crippen LogP contribution in [-0.4, -0.2) is 15.9 Å². The number of furan rings is 1. The fourth-order valence-electron chi connectivity index (χ4n) is 2.20. The molecule has 0 aliphatic rings. The Morgan fingerprint density at radius 3 is 3.05 bits per heavy atom. The van der Waals surface area contributed by atoms with Gasteiger partial charge in [0.2, 0.25) is 0 Å². The average molecular weight is 348 g/mol. The Hall–Kier alpha value is -2.08. The number of H-pyrrole nitrogens is 1. The van der Waals surface area contributed by atoms with Gasteiger partial charge in [-0.25, -0.2) is 4.98 Å². The number of rotatable bonds is 4. The predicted octanol–water partition coefficient (Wildman–Crippen LogP) is 3.80. The van der Waals surface area contributed by atoms with Crippen molar-refractivity contribution < 1.29 is 9.21 Å². The highest BCUT2D eigenvalue weighted by Crippen LogP contribution is 2.27. The number of amides is 1. The lowest BCUT2D eigenvalue weighted by Crippen LogP contribution is -2.28. The van der Waals surface area contributed by atoms with E-state index in [1.807, 2.05) is 25.1 Å². The van der Waals surface area contributed by atoms with E-state index in [0.29, 0.717) is 11.3 Å². The second kappa shape index (κ2) is 5.73. The summed E-state index contributed by atoms with van der Waals surface area (Å²) in [6, 6.07) is 7.27. The van der Waals surface area contributed by atoms with Crippen LogP contribution < -0.4 is 5.32 Å². The second-order valence-corrected chi connectivity index (χ2v) is 5.53. The van der Waals surface area contributed by atoms with Crippen LogP contribution in [0, 0.1) is 0 Å². The van der Waals surface area contributed by atoms with E-state index in [4.69, 9.17) is 4.42 Å². The maximum absolute atomic E-state index is 12.3. The molecule has 0 aliphatic heterocycles. The Kier molecular flexibility index (Phi) is 3.79. The van der Waals surface area contributed by atoms with E-state index in [0.717, 1.165) is 22.1 Å². The first-order valence-corrected chi connectivity index (χ1v) is 7.46. The predicted molar refractivity (Wildman–Crippen MR) is 83.0 cm³/mol. The molecule has 2 aromatic heterocycles. The van der Waals surface area contributed by atoms with E-state index in [2.05, 4.69) is 31.2 Å². The van der Waals surface area contributed by atoms with Gasteiger partial charge in [-0.1, -0.05) is 19.1 Å². The number of halogens is 1. The number of benzene rings is 1. The minimum atomic E-state index is -0.249. The van der Waals surface area contributed by atoms with E-state index < -0.39 is 0 Å². The first-order valence-electron chi connectivity index (χ1n) is 6.67. The van der Waals surface area contributed by atoms with Crippen molar-refractivity contribution in [3.63, 3.8) is 0 Å². The number of hydrogen-bond acceptors (Lipinski definition) is 3. The number of fused-ring (bicyclic) bond motifs is 1. The quantitative estimate of drug-likeness (QED) is 0.753. The number of para-hydroxylation sites is 1. The largest absolute Gasteiger partial charge is 0.450 e. The SMILES string of the molecule is CCC(NC(=O)c1cc2cccc(Br)c2o1)c1ncc[nH]1. The standard InChI is InChI=1S/C15H14BrN3O2/c1-2-11(14-17-6-7-18-14)19-15(20)12-8-9-4-3-5-10(16)13(9)21-12/h3-8,11H,2H2,1H3,(H,17,18)(H,19,20). The van der Waals surface area contributed by atoms with Gasteiger partial charge in [0, 0.05) is 17.8 Å². The first kappa shape index (κ1) is 13.9. The molecule has 0 saturated carbocycles. The Morgan fingerprint density at radius 2 is 2.38 bits per heavy atom. The molecule has 1 unspecified atom stereocenters. The van der Waals surface area contributed by atoms with Crippen molar-refractivity contribution >= 4 is 32.8 Å². The van der Waals surface area contributed by atoms with Crippen molar-refractivity contribution in [1.82, 2.24) is 15.3 Å². The van der Waals surface area contributed by atoms with Crippen molar-refractivity contribution in [2.75, 3.05) is 0 Å². The molecule has 108 valence electrons. The number of nitrogens with one attached hydrogen (secondary N) is 2. The molecule has 0 spiro atoms. The fraction of sp³-hybridized carbons (Fsp3) is 0.200. The molecule has 1 atom stereocenters. The molecular weight excluding hydrogens is 334 g/mol. The van der Waals surface area contributed by atoms with Gasteiger partial charge < -0.3 is 14.7 Å². The number of nitrogens with zero attached hydrogens (tertiary/aromatic N) is 1. The summed E-state index contributed by atoms with van der Waals surface area (Å²) in [5.74, 6) is 0.784. The molecule has 0 radical (unpaired) electrons. The molecule has 3 rings (SSSR count). The van der Waals surface area contributed by atoms with Gasteiger partial charge in [0.25, 0.3) is 5.91 Å². The van der Waals surface area contributed by atoms with Gasteiger partial charge in [0.05, 0.1) is 10.5 Å². The zero-order valence-corrected chi connectivity index (χ0v) is 13.0. The Labute approximate surface area is 129 Å². The summed E-state index contributed by atoms with van der Waals surface area (Å²) < 4.78 is 6.46. The highest BCUT2D eigenvalue weighted by Gasteiger charge is 2.19. The van der Waals surface area contributed by atoms with Gasteiger partial charge >= 0.3 is 0 Å². The Balaban J connectivity index is 1.85. The van der Waals surface area contributed by atoms with E-state index in [1.54, 1.807) is 18.5 Å². The molecule has 2 N–H and O–H groups in total. The van der Waals surface area contributed by atoms with Crippen LogP contribution in [0.15, 0.2) is 45.5 Å². The monoisotopic (exact) mass is 347 g/mol. The molecular formula is C15H14BrN3O2. The number of imidazole rings is 1. The van der Waals surface area contributed by atoms with Gasteiger partial charge in [-0.3, -0.25) is 4.79 Å². The molecule has 21 heavy (non-hydrogen) atoms. The first-order chi connectivity index (χ1) is 10.2. The van der Waals surface area contributed by atoms with E-state index >= 15 is 0 Å². The zero-order valence-electron chi connectivity index (χ0n) is 11.4. The van der Waals surface area contributed by atoms with Crippen molar-refractivity contribution in [2.45, 2.75) is 19.4 Å². The summed E-state index contributed by atoms with van der Waals surface area (Å²) in [6.45, 7) is 1.99. The Morgan fingerprint density at radius 1 is 1.52 bits per heavy atom. The molecule has 0 saturated heterocycles. The minimum Gasteiger partial charge on any atom is -0.450 e. The number of aromatic nitrogens is 2. The van der Waals surface area contributed by atoms with Crippen LogP contribution in [0.2, 0.25) is 0 Å². The lowest BCUT2D eigenvalue weighted by atomic mass is 10.2. The molecule has 3 aromatic rings. The maximum atomic E-state index is 12.3. The van der Waals surface area contributed by atoms with Crippen molar-refractivity contribution in [3.05, 3.63) is 52.7 Å². The van der Waals surface area contributed by atoms with Crippen LogP contribution in [0.1, 0.15) is 35.8 Å². The molecule has 0 bridgehead atoms. The van der Waals surface area contributed by atoms with Crippen molar-refractivity contribution in [3.8, 4) is 0 Å². The lowest BCUT2D eigenvalue weighted by molar-refractivity contribution is 0.0908. The molecule has 0 aliphatic carbocycles. The Bertz CT molecular complexity index is 764. The van der Waals surface area contributed by atoms with E-state index in [1.165, 1.54) is 0 Å². The average Bonchev–Trinajstić information content (AvgIpc) is 3.14. The third-order valence-corrected chi connectivity index (χ3v) is 3.91. The smallest absolute Gasteiger partial charge is 0.287 e. The van der Waals surface area contributed by atoms with E-state index in [9.17, 15) is 4.79 Å². The highest BCUT2D eigenvalue weighted by molar-refractivity contribution is 9.10. The zero-order chi connectivity index (χ0) is 14.8. The molecule has 2 heterocycles. The van der Waals surface area contributed by atoms with Crippen LogP contribution in [-0.2, 0) is 0 Å². The summed E-state index contributed by atoms with van der Waals surface area (Å²) in [5.41, 5.74) is 0.675. The number of hydrogen-bond donors (Lipinski definition) is 2. The lowest BCUT2D eigenvalue weighted by Gasteiger charge is -2.13. The summed E-state index contributed by atoms with van der Waals surface area (Å²) >= 11 is 3.41. The molecule has 1 aromatic carbocycles. The van der Waals surface area contributed by atoms with Gasteiger partial charge in [0.15, 0.2) is 5.76 Å². The third kappa shape index (κ3) is 2.71. The van der Waals surface area contributed by atoms with Crippen LogP contribution >= 0.6 is 15.9 Å². The summed E-state index contributed by atoms with van der Waals surface area (Å²) in [4.78, 5) is 19.5. The topological polar surface area (TPSA) is 70.9 Å². The number of carbonyl (C=O) groups is 1. The second-order valence-electron chi connectivity index (χ2n) is 4.68. The van der Waals surface area contributed by atoms with Crippen LogP contribution in [0.4, 0.5) is 0 Å². The number of aromatic amines is 1. The van der Waals surface area contributed by atoms with E-state index in [-0.39, 0.29) is 11.9 Å². The molecule has 5 nitrogen and oxygen atoms in total. The fourth-order valence-corrected chi connectivity index (χ4v) is 2.66. The van der Waals surface area contributed by atoms with Gasteiger partial charge in [-0.05, 0) is 34.5 Å². The van der Waals surface area contributed by atoms with Gasteiger partial charge in [-0.15, -0.1) is 0 Å². The summed E-state index contributed by atoms with van der Waals surface area (Å²) in [5, 5.41) is 3.81. The van der Waals surface area contributed by atoms with Gasteiger partial charge in [-0.2, -0.15) is 0 Å². The summed E-state index contributed by atoms with van der Waals surface area (Å²) in [6.07, 6.45) is 4.15. The molecule has 6 heteroatoms. The minimum absolute atomic E-state index is 0.163. The molecule has 1 amide bonds. The van der Waals surface area contributed by atoms with Crippen molar-refractivity contribution in [1.29, 1.82) is 0 Å². The maximum Gasteiger partial charge on any atom is 0.287 e. The third-order valence-electron chi connectivity index (χ3n) is 3.28. The van der Waals surface area contributed by atoms with Crippen LogP contribution in [0.5, 0.6) is 0 Å². The molecule has 0 fully saturated rings. The van der Waals surface area contributed by atoms with Crippen LogP contribution in [0.25, 0.3) is 11.0 Å². The van der Waals surface area contributed by atoms with Crippen LogP contribution in [0.3, 0.4) is 0 Å². The number of carbonyl (C=O) groups excluding carboxylic acids is 1. The van der Waals surface area contributed by atoms with Gasteiger partial charge in [0.1, 0.15) is 11.4 Å².